The highest BCUT2D eigenvalue weighted by Gasteiger charge is 2.44. The molecule has 2 aliphatic rings. The lowest BCUT2D eigenvalue weighted by atomic mass is 10.0. The maximum atomic E-state index is 14.0. The number of nitrogens with one attached hydrogen (secondary N) is 1. The van der Waals surface area contributed by atoms with E-state index < -0.39 is 5.67 Å². The van der Waals surface area contributed by atoms with Crippen molar-refractivity contribution >= 4 is 18.3 Å². The third kappa shape index (κ3) is 2.59. The highest BCUT2D eigenvalue weighted by molar-refractivity contribution is 5.86. The maximum absolute atomic E-state index is 14.0. The highest BCUT2D eigenvalue weighted by atomic mass is 35.5. The van der Waals surface area contributed by atoms with Crippen LogP contribution in [0.1, 0.15) is 6.42 Å². The van der Waals surface area contributed by atoms with Crippen molar-refractivity contribution in [3.63, 3.8) is 0 Å². The number of morpholine rings is 1. The first kappa shape index (κ1) is 12.7. The standard InChI is InChI=1S/C9H15FN2O2.ClH/c10-9(1-2-11-7-9)8(13)12-3-5-14-6-4-12;/h11H,1-7H2;1H. The van der Waals surface area contributed by atoms with Gasteiger partial charge in [0.05, 0.1) is 13.2 Å². The van der Waals surface area contributed by atoms with Crippen LogP contribution in [0.15, 0.2) is 0 Å². The Morgan fingerprint density at radius 1 is 1.40 bits per heavy atom. The summed E-state index contributed by atoms with van der Waals surface area (Å²) in [7, 11) is 0. The largest absolute Gasteiger partial charge is 0.378 e. The van der Waals surface area contributed by atoms with Gasteiger partial charge in [-0.05, 0) is 6.54 Å². The number of carbonyl (C=O) groups is 1. The Labute approximate surface area is 94.6 Å². The molecule has 1 N–H and O–H groups in total. The quantitative estimate of drug-likeness (QED) is 0.698. The Morgan fingerprint density at radius 3 is 2.60 bits per heavy atom. The molecule has 2 saturated heterocycles. The Balaban J connectivity index is 0.00000112. The monoisotopic (exact) mass is 238 g/mol. The van der Waals surface area contributed by atoms with Crippen molar-refractivity contribution in [3.05, 3.63) is 0 Å². The molecule has 2 heterocycles. The molecule has 6 heteroatoms. The molecule has 1 atom stereocenters. The molecule has 0 spiro atoms. The summed E-state index contributed by atoms with van der Waals surface area (Å²) in [5.41, 5.74) is -1.67. The van der Waals surface area contributed by atoms with E-state index in [1.807, 2.05) is 0 Å². The molecule has 0 aromatic heterocycles. The maximum Gasteiger partial charge on any atom is 0.261 e. The molecule has 2 fully saturated rings. The van der Waals surface area contributed by atoms with E-state index in [9.17, 15) is 9.18 Å². The zero-order chi connectivity index (χ0) is 10.0. The zero-order valence-electron chi connectivity index (χ0n) is 8.50. The van der Waals surface area contributed by atoms with Gasteiger partial charge in [-0.3, -0.25) is 4.79 Å². The van der Waals surface area contributed by atoms with Gasteiger partial charge in [-0.15, -0.1) is 12.4 Å². The second kappa shape index (κ2) is 5.09. The summed E-state index contributed by atoms with van der Waals surface area (Å²) in [6.07, 6.45) is 0.295. The molecule has 0 aromatic rings. The first-order chi connectivity index (χ1) is 6.72. The molecule has 2 rings (SSSR count). The van der Waals surface area contributed by atoms with Crippen LogP contribution >= 0.6 is 12.4 Å². The number of halogens is 2. The van der Waals surface area contributed by atoms with E-state index >= 15 is 0 Å². The van der Waals surface area contributed by atoms with Gasteiger partial charge in [-0.1, -0.05) is 0 Å². The van der Waals surface area contributed by atoms with Gasteiger partial charge in [0.15, 0.2) is 0 Å². The molecule has 1 unspecified atom stereocenters. The first-order valence-electron chi connectivity index (χ1n) is 4.99. The van der Waals surface area contributed by atoms with E-state index in [2.05, 4.69) is 5.32 Å². The van der Waals surface area contributed by atoms with Crippen LogP contribution in [0.3, 0.4) is 0 Å². The predicted octanol–water partition coefficient (Wildman–Crippen LogP) is -0.0314. The third-order valence-corrected chi connectivity index (χ3v) is 2.78. The Bertz CT molecular complexity index is 228. The minimum absolute atomic E-state index is 0. The number of rotatable bonds is 1. The lowest BCUT2D eigenvalue weighted by molar-refractivity contribution is -0.146. The van der Waals surface area contributed by atoms with Crippen molar-refractivity contribution in [2.45, 2.75) is 12.1 Å². The van der Waals surface area contributed by atoms with Crippen LogP contribution in [0.2, 0.25) is 0 Å². The van der Waals surface area contributed by atoms with Gasteiger partial charge in [-0.2, -0.15) is 0 Å². The number of nitrogens with zero attached hydrogens (tertiary/aromatic N) is 1. The fraction of sp³-hybridized carbons (Fsp3) is 0.889. The van der Waals surface area contributed by atoms with Gasteiger partial charge in [0.25, 0.3) is 5.91 Å². The molecule has 2 aliphatic heterocycles. The van der Waals surface area contributed by atoms with Gasteiger partial charge in [-0.25, -0.2) is 4.39 Å². The summed E-state index contributed by atoms with van der Waals surface area (Å²) in [6, 6.07) is 0. The van der Waals surface area contributed by atoms with Crippen LogP contribution in [0.4, 0.5) is 4.39 Å². The van der Waals surface area contributed by atoms with Crippen LogP contribution in [0.25, 0.3) is 0 Å². The summed E-state index contributed by atoms with van der Waals surface area (Å²) in [6.45, 7) is 2.83. The summed E-state index contributed by atoms with van der Waals surface area (Å²) >= 11 is 0. The second-order valence-corrected chi connectivity index (χ2v) is 3.80. The first-order valence-corrected chi connectivity index (χ1v) is 4.99. The molecule has 15 heavy (non-hydrogen) atoms. The van der Waals surface area contributed by atoms with Gasteiger partial charge < -0.3 is 15.0 Å². The van der Waals surface area contributed by atoms with Gasteiger partial charge in [0, 0.05) is 26.1 Å². The van der Waals surface area contributed by atoms with Crippen molar-refractivity contribution in [1.29, 1.82) is 0 Å². The van der Waals surface area contributed by atoms with Crippen molar-refractivity contribution in [1.82, 2.24) is 10.2 Å². The van der Waals surface area contributed by atoms with Gasteiger partial charge in [0.2, 0.25) is 5.67 Å². The topological polar surface area (TPSA) is 41.6 Å². The number of amides is 1. The van der Waals surface area contributed by atoms with Crippen LogP contribution < -0.4 is 5.32 Å². The number of hydrogen-bond acceptors (Lipinski definition) is 3. The van der Waals surface area contributed by atoms with Crippen LogP contribution in [0, 0.1) is 0 Å². The van der Waals surface area contributed by atoms with Crippen LogP contribution in [0.5, 0.6) is 0 Å². The van der Waals surface area contributed by atoms with Crippen molar-refractivity contribution in [2.24, 2.45) is 0 Å². The summed E-state index contributed by atoms with van der Waals surface area (Å²) in [4.78, 5) is 13.3. The molecule has 0 bridgehead atoms. The molecule has 4 nitrogen and oxygen atoms in total. The van der Waals surface area contributed by atoms with E-state index in [0.717, 1.165) is 0 Å². The summed E-state index contributed by atoms with van der Waals surface area (Å²) in [5, 5.41) is 2.88. The van der Waals surface area contributed by atoms with Crippen LogP contribution in [-0.2, 0) is 9.53 Å². The second-order valence-electron chi connectivity index (χ2n) is 3.80. The molecular weight excluding hydrogens is 223 g/mol. The number of alkyl halides is 1. The normalized spacial score (nSPS) is 31.1. The lowest BCUT2D eigenvalue weighted by Crippen LogP contribution is -2.51. The van der Waals surface area contributed by atoms with E-state index in [-0.39, 0.29) is 24.9 Å². The number of ether oxygens (including phenoxy) is 1. The average Bonchev–Trinajstić information content (AvgIpc) is 2.67. The van der Waals surface area contributed by atoms with E-state index in [0.29, 0.717) is 39.3 Å². The summed E-state index contributed by atoms with van der Waals surface area (Å²) in [5.74, 6) is -0.370. The molecule has 1 amide bonds. The minimum Gasteiger partial charge on any atom is -0.378 e. The van der Waals surface area contributed by atoms with Crippen molar-refractivity contribution in [2.75, 3.05) is 39.4 Å². The molecule has 0 saturated carbocycles. The van der Waals surface area contributed by atoms with E-state index in [1.54, 1.807) is 4.90 Å². The predicted molar refractivity (Wildman–Crippen MR) is 56.0 cm³/mol. The van der Waals surface area contributed by atoms with Gasteiger partial charge in [0.1, 0.15) is 0 Å². The fourth-order valence-corrected chi connectivity index (χ4v) is 1.89. The smallest absolute Gasteiger partial charge is 0.261 e. The summed E-state index contributed by atoms with van der Waals surface area (Å²) < 4.78 is 19.1. The number of carbonyl (C=O) groups excluding carboxylic acids is 1. The Kier molecular flexibility index (Phi) is 4.31. The van der Waals surface area contributed by atoms with E-state index in [4.69, 9.17) is 4.74 Å². The minimum atomic E-state index is -1.67. The molecule has 0 aliphatic carbocycles. The SMILES string of the molecule is Cl.O=C(N1CCOCC1)C1(F)CCNC1. The van der Waals surface area contributed by atoms with E-state index in [1.165, 1.54) is 0 Å². The Morgan fingerprint density at radius 2 is 2.07 bits per heavy atom. The average molecular weight is 239 g/mol. The highest BCUT2D eigenvalue weighted by Crippen LogP contribution is 2.23. The third-order valence-electron chi connectivity index (χ3n) is 2.78. The molecular formula is C9H16ClFN2O2. The molecule has 88 valence electrons. The van der Waals surface area contributed by atoms with Crippen molar-refractivity contribution < 1.29 is 13.9 Å². The molecule has 0 aromatic carbocycles. The zero-order valence-corrected chi connectivity index (χ0v) is 9.32. The van der Waals surface area contributed by atoms with Crippen LogP contribution in [-0.4, -0.2) is 55.9 Å². The molecule has 0 radical (unpaired) electrons. The number of hydrogen-bond donors (Lipinski definition) is 1. The Hall–Kier alpha value is -0.390. The fourth-order valence-electron chi connectivity index (χ4n) is 1.89. The lowest BCUT2D eigenvalue weighted by Gasteiger charge is -2.31. The van der Waals surface area contributed by atoms with Crippen molar-refractivity contribution in [3.8, 4) is 0 Å². The van der Waals surface area contributed by atoms with Gasteiger partial charge >= 0.3 is 0 Å².